The number of piperidine rings is 1. The molecule has 0 radical (unpaired) electrons. The van der Waals surface area contributed by atoms with Crippen LogP contribution in [0.5, 0.6) is 0 Å². The molecule has 1 fully saturated rings. The molecule has 1 aliphatic heterocycles. The zero-order chi connectivity index (χ0) is 17.2. The molecule has 7 heteroatoms. The summed E-state index contributed by atoms with van der Waals surface area (Å²) in [7, 11) is 0. The van der Waals surface area contributed by atoms with Crippen LogP contribution in [0.1, 0.15) is 30.9 Å². The lowest BCUT2D eigenvalue weighted by Crippen LogP contribution is -2.43. The summed E-state index contributed by atoms with van der Waals surface area (Å²) in [6.45, 7) is 4.04. The molecule has 1 aromatic carbocycles. The Bertz CT molecular complexity index is 565. The van der Waals surface area contributed by atoms with E-state index >= 15 is 0 Å². The van der Waals surface area contributed by atoms with Gasteiger partial charge in [0.05, 0.1) is 11.7 Å². The van der Waals surface area contributed by atoms with Crippen LogP contribution in [0.15, 0.2) is 18.2 Å². The summed E-state index contributed by atoms with van der Waals surface area (Å²) in [6, 6.07) is 3.34. The van der Waals surface area contributed by atoms with Gasteiger partial charge in [-0.25, -0.2) is 4.79 Å². The smallest absolute Gasteiger partial charge is 0.393 e. The molecule has 0 bridgehead atoms. The van der Waals surface area contributed by atoms with Gasteiger partial charge in [-0.3, -0.25) is 0 Å². The molecule has 0 aliphatic carbocycles. The molecule has 2 N–H and O–H groups in total. The van der Waals surface area contributed by atoms with Gasteiger partial charge in [0.2, 0.25) is 0 Å². The monoisotopic (exact) mass is 330 g/mol. The van der Waals surface area contributed by atoms with Crippen molar-refractivity contribution in [3.63, 3.8) is 0 Å². The third kappa shape index (κ3) is 4.16. The van der Waals surface area contributed by atoms with Gasteiger partial charge in [-0.05, 0) is 50.3 Å². The Kier molecular flexibility index (Phi) is 5.19. The number of halogens is 3. The predicted octanol–water partition coefficient (Wildman–Crippen LogP) is 3.64. The summed E-state index contributed by atoms with van der Waals surface area (Å²) in [5.74, 6) is 0.161. The second-order valence-electron chi connectivity index (χ2n) is 5.97. The highest BCUT2D eigenvalue weighted by Crippen LogP contribution is 2.34. The van der Waals surface area contributed by atoms with Crippen LogP contribution in [0.25, 0.3) is 0 Å². The number of anilines is 1. The normalized spacial score (nSPS) is 17.9. The lowest BCUT2D eigenvalue weighted by Gasteiger charge is -2.33. The Morgan fingerprint density at radius 1 is 1.35 bits per heavy atom. The highest BCUT2D eigenvalue weighted by atomic mass is 19.4. The Labute approximate surface area is 133 Å². The third-order valence-electron chi connectivity index (χ3n) is 4.39. The van der Waals surface area contributed by atoms with Gasteiger partial charge in [0, 0.05) is 18.8 Å². The fraction of sp³-hybridized carbons (Fsp3) is 0.562. The number of aliphatic hydroxyl groups excluding tert-OH is 1. The van der Waals surface area contributed by atoms with Crippen molar-refractivity contribution in [2.24, 2.45) is 5.92 Å². The largest absolute Gasteiger partial charge is 0.416 e. The molecule has 1 heterocycles. The second kappa shape index (κ2) is 6.78. The Morgan fingerprint density at radius 2 is 1.96 bits per heavy atom. The molecule has 2 amide bonds. The number of likely N-dealkylation sites (tertiary alicyclic amines) is 1. The minimum Gasteiger partial charge on any atom is -0.393 e. The number of hydrogen-bond acceptors (Lipinski definition) is 2. The lowest BCUT2D eigenvalue weighted by molar-refractivity contribution is -0.138. The number of carbonyl (C=O) groups excluding carboxylic acids is 1. The highest BCUT2D eigenvalue weighted by Gasteiger charge is 2.33. The number of carbonyl (C=O) groups is 1. The summed E-state index contributed by atoms with van der Waals surface area (Å²) >= 11 is 0. The maximum Gasteiger partial charge on any atom is 0.416 e. The van der Waals surface area contributed by atoms with Crippen molar-refractivity contribution in [3.05, 3.63) is 29.3 Å². The number of urea groups is 1. The SMILES string of the molecule is Cc1c(NC(=O)N2CCC(C(C)O)CC2)cccc1C(F)(F)F. The summed E-state index contributed by atoms with van der Waals surface area (Å²) in [6.07, 6.45) is -3.48. The molecule has 1 unspecified atom stereocenters. The third-order valence-corrected chi connectivity index (χ3v) is 4.39. The zero-order valence-electron chi connectivity index (χ0n) is 13.2. The maximum absolute atomic E-state index is 12.9. The van der Waals surface area contributed by atoms with Crippen LogP contribution in [0, 0.1) is 12.8 Å². The first-order valence-corrected chi connectivity index (χ1v) is 7.61. The van der Waals surface area contributed by atoms with Crippen LogP contribution in [0.4, 0.5) is 23.7 Å². The number of hydrogen-bond donors (Lipinski definition) is 2. The molecule has 1 aromatic rings. The van der Waals surface area contributed by atoms with Gasteiger partial charge in [0.1, 0.15) is 0 Å². The van der Waals surface area contributed by atoms with Crippen molar-refractivity contribution < 1.29 is 23.1 Å². The van der Waals surface area contributed by atoms with Gasteiger partial charge in [-0.15, -0.1) is 0 Å². The first kappa shape index (κ1) is 17.6. The zero-order valence-corrected chi connectivity index (χ0v) is 13.2. The van der Waals surface area contributed by atoms with E-state index in [2.05, 4.69) is 5.32 Å². The Hall–Kier alpha value is -1.76. The van der Waals surface area contributed by atoms with Gasteiger partial charge < -0.3 is 15.3 Å². The van der Waals surface area contributed by atoms with Gasteiger partial charge in [0.15, 0.2) is 0 Å². The Morgan fingerprint density at radius 3 is 2.48 bits per heavy atom. The molecular formula is C16H21F3N2O2. The van der Waals surface area contributed by atoms with Gasteiger partial charge in [-0.1, -0.05) is 6.07 Å². The van der Waals surface area contributed by atoms with E-state index in [-0.39, 0.29) is 17.2 Å². The number of nitrogens with one attached hydrogen (secondary N) is 1. The number of benzene rings is 1. The number of rotatable bonds is 2. The van der Waals surface area contributed by atoms with Gasteiger partial charge in [-0.2, -0.15) is 13.2 Å². The van der Waals surface area contributed by atoms with Crippen LogP contribution >= 0.6 is 0 Å². The summed E-state index contributed by atoms with van der Waals surface area (Å²) in [4.78, 5) is 13.8. The molecule has 1 aliphatic rings. The van der Waals surface area contributed by atoms with E-state index in [0.717, 1.165) is 6.07 Å². The van der Waals surface area contributed by atoms with Crippen LogP contribution in [0.3, 0.4) is 0 Å². The topological polar surface area (TPSA) is 52.6 Å². The van der Waals surface area contributed by atoms with Crippen molar-refractivity contribution in [2.75, 3.05) is 18.4 Å². The van der Waals surface area contributed by atoms with Gasteiger partial charge >= 0.3 is 12.2 Å². The molecule has 1 saturated heterocycles. The fourth-order valence-electron chi connectivity index (χ4n) is 2.86. The van der Waals surface area contributed by atoms with Crippen LogP contribution in [0.2, 0.25) is 0 Å². The molecule has 4 nitrogen and oxygen atoms in total. The van der Waals surface area contributed by atoms with E-state index in [1.54, 1.807) is 11.8 Å². The average Bonchev–Trinajstić information content (AvgIpc) is 2.48. The number of nitrogens with zero attached hydrogens (tertiary/aromatic N) is 1. The molecule has 0 spiro atoms. The average molecular weight is 330 g/mol. The predicted molar refractivity (Wildman–Crippen MR) is 81.2 cm³/mol. The van der Waals surface area contributed by atoms with Crippen molar-refractivity contribution in [3.8, 4) is 0 Å². The Balaban J connectivity index is 2.04. The number of amides is 2. The van der Waals surface area contributed by atoms with E-state index in [1.165, 1.54) is 19.1 Å². The first-order chi connectivity index (χ1) is 10.7. The summed E-state index contributed by atoms with van der Waals surface area (Å²) in [5, 5.41) is 12.1. The molecule has 1 atom stereocenters. The van der Waals surface area contributed by atoms with Crippen molar-refractivity contribution in [2.45, 2.75) is 39.0 Å². The second-order valence-corrected chi connectivity index (χ2v) is 5.97. The molecular weight excluding hydrogens is 309 g/mol. The molecule has 128 valence electrons. The highest BCUT2D eigenvalue weighted by molar-refractivity contribution is 5.90. The van der Waals surface area contributed by atoms with E-state index < -0.39 is 23.9 Å². The van der Waals surface area contributed by atoms with E-state index in [1.807, 2.05) is 0 Å². The lowest BCUT2D eigenvalue weighted by atomic mass is 9.92. The minimum atomic E-state index is -4.44. The van der Waals surface area contributed by atoms with E-state index in [0.29, 0.717) is 25.9 Å². The summed E-state index contributed by atoms with van der Waals surface area (Å²) in [5.41, 5.74) is -0.571. The molecule has 2 rings (SSSR count). The minimum absolute atomic E-state index is 0.00668. The van der Waals surface area contributed by atoms with Crippen LogP contribution < -0.4 is 5.32 Å². The van der Waals surface area contributed by atoms with Crippen molar-refractivity contribution in [1.29, 1.82) is 0 Å². The van der Waals surface area contributed by atoms with Crippen LogP contribution in [-0.4, -0.2) is 35.2 Å². The van der Waals surface area contributed by atoms with E-state index in [9.17, 15) is 23.1 Å². The van der Waals surface area contributed by atoms with Crippen molar-refractivity contribution in [1.82, 2.24) is 4.90 Å². The fourth-order valence-corrected chi connectivity index (χ4v) is 2.86. The molecule has 0 saturated carbocycles. The number of alkyl halides is 3. The first-order valence-electron chi connectivity index (χ1n) is 7.61. The maximum atomic E-state index is 12.9. The summed E-state index contributed by atoms with van der Waals surface area (Å²) < 4.78 is 38.7. The quantitative estimate of drug-likeness (QED) is 0.870. The standard InChI is InChI=1S/C16H21F3N2O2/c1-10-13(16(17,18)19)4-3-5-14(10)20-15(23)21-8-6-12(7-9-21)11(2)22/h3-5,11-12,22H,6-9H2,1-2H3,(H,20,23). The number of aliphatic hydroxyl groups is 1. The van der Waals surface area contributed by atoms with Crippen LogP contribution in [-0.2, 0) is 6.18 Å². The van der Waals surface area contributed by atoms with Crippen molar-refractivity contribution >= 4 is 11.7 Å². The molecule has 0 aromatic heterocycles. The van der Waals surface area contributed by atoms with E-state index in [4.69, 9.17) is 0 Å². The van der Waals surface area contributed by atoms with Gasteiger partial charge in [0.25, 0.3) is 0 Å². The molecule has 23 heavy (non-hydrogen) atoms.